The molecular weight excluding hydrogens is 520 g/mol. The molecule has 1 aliphatic carbocycles. The molecule has 10 nitrogen and oxygen atoms in total. The van der Waals surface area contributed by atoms with E-state index in [4.69, 9.17) is 4.74 Å². The van der Waals surface area contributed by atoms with E-state index in [1.807, 2.05) is 37.8 Å². The number of likely N-dealkylation sites (tertiary alicyclic amines) is 1. The van der Waals surface area contributed by atoms with Crippen LogP contribution < -0.4 is 5.32 Å². The first-order chi connectivity index (χ1) is 19.7. The van der Waals surface area contributed by atoms with Crippen molar-refractivity contribution in [2.45, 2.75) is 70.7 Å². The Morgan fingerprint density at radius 2 is 1.51 bits per heavy atom. The lowest BCUT2D eigenvalue weighted by atomic mass is 10.0. The highest BCUT2D eigenvalue weighted by Gasteiger charge is 2.40. The van der Waals surface area contributed by atoms with Crippen LogP contribution in [0.1, 0.15) is 72.7 Å². The van der Waals surface area contributed by atoms with Gasteiger partial charge in [-0.3, -0.25) is 14.6 Å². The molecular formula is C31H36N6O4. The number of carbonyl (C=O) groups is 3. The van der Waals surface area contributed by atoms with Crippen LogP contribution in [0.3, 0.4) is 0 Å². The topological polar surface area (TPSA) is 118 Å². The van der Waals surface area contributed by atoms with Crippen molar-refractivity contribution in [3.05, 3.63) is 77.9 Å². The molecule has 2 aromatic heterocycles. The van der Waals surface area contributed by atoms with Crippen molar-refractivity contribution in [1.82, 2.24) is 30.1 Å². The van der Waals surface area contributed by atoms with Gasteiger partial charge in [-0.05, 0) is 76.3 Å². The van der Waals surface area contributed by atoms with E-state index in [2.05, 4.69) is 20.3 Å². The third-order valence-electron chi connectivity index (χ3n) is 7.19. The maximum absolute atomic E-state index is 13.6. The lowest BCUT2D eigenvalue weighted by Crippen LogP contribution is -2.50. The largest absolute Gasteiger partial charge is 0.444 e. The number of rotatable bonds is 7. The van der Waals surface area contributed by atoms with Gasteiger partial charge in [-0.25, -0.2) is 14.8 Å². The van der Waals surface area contributed by atoms with E-state index in [-0.39, 0.29) is 30.0 Å². The Morgan fingerprint density at radius 1 is 0.902 bits per heavy atom. The van der Waals surface area contributed by atoms with Crippen molar-refractivity contribution in [1.29, 1.82) is 0 Å². The second kappa shape index (κ2) is 12.0. The van der Waals surface area contributed by atoms with Crippen LogP contribution in [0.25, 0.3) is 11.4 Å². The van der Waals surface area contributed by atoms with Crippen molar-refractivity contribution in [3.8, 4) is 11.4 Å². The Hall–Kier alpha value is -4.34. The maximum Gasteiger partial charge on any atom is 0.410 e. The van der Waals surface area contributed by atoms with E-state index in [0.29, 0.717) is 49.4 Å². The molecule has 0 atom stereocenters. The smallest absolute Gasteiger partial charge is 0.410 e. The Kier molecular flexibility index (Phi) is 8.28. The first-order valence-electron chi connectivity index (χ1n) is 14.1. The Labute approximate surface area is 240 Å². The first kappa shape index (κ1) is 28.2. The average Bonchev–Trinajstić information content (AvgIpc) is 3.81. The molecule has 1 aromatic carbocycles. The fourth-order valence-electron chi connectivity index (χ4n) is 4.93. The van der Waals surface area contributed by atoms with Crippen molar-refractivity contribution < 1.29 is 19.1 Å². The molecule has 1 saturated carbocycles. The Bertz CT molecular complexity index is 1360. The standard InChI is InChI=1S/C31H36N6O4/c1-31(2,3)41-30(40)36-16-12-26(13-17-36)37(25-8-9-25)29(39)24-19-33-27(34-20-24)22-4-6-23(7-5-22)28(38)35-18-21-10-14-32-15-11-21/h4-7,10-11,14-15,19-20,25-26H,8-9,12-13,16-18H2,1-3H3,(H,35,38). The second-order valence-electron chi connectivity index (χ2n) is 11.6. The molecule has 0 spiro atoms. The van der Waals surface area contributed by atoms with Gasteiger partial charge in [-0.1, -0.05) is 12.1 Å². The monoisotopic (exact) mass is 556 g/mol. The minimum Gasteiger partial charge on any atom is -0.444 e. The molecule has 0 bridgehead atoms. The Morgan fingerprint density at radius 3 is 2.10 bits per heavy atom. The molecule has 3 heterocycles. The van der Waals surface area contributed by atoms with Gasteiger partial charge in [-0.15, -0.1) is 0 Å². The highest BCUT2D eigenvalue weighted by Crippen LogP contribution is 2.33. The zero-order chi connectivity index (χ0) is 29.0. The molecule has 0 unspecified atom stereocenters. The average molecular weight is 557 g/mol. The third kappa shape index (κ3) is 7.25. The molecule has 0 radical (unpaired) electrons. The van der Waals surface area contributed by atoms with Gasteiger partial charge in [0, 0.05) is 67.6 Å². The van der Waals surface area contributed by atoms with E-state index >= 15 is 0 Å². The predicted molar refractivity (Wildman–Crippen MR) is 153 cm³/mol. The summed E-state index contributed by atoms with van der Waals surface area (Å²) in [5.41, 5.74) is 2.17. The van der Waals surface area contributed by atoms with E-state index in [1.165, 1.54) is 0 Å². The molecule has 2 fully saturated rings. The van der Waals surface area contributed by atoms with Crippen LogP contribution in [0.5, 0.6) is 0 Å². The lowest BCUT2D eigenvalue weighted by molar-refractivity contribution is 0.0142. The Balaban J connectivity index is 1.18. The number of pyridine rings is 1. The van der Waals surface area contributed by atoms with Crippen LogP contribution in [0.4, 0.5) is 4.79 Å². The minimum atomic E-state index is -0.534. The van der Waals surface area contributed by atoms with Crippen molar-refractivity contribution in [2.75, 3.05) is 13.1 Å². The molecule has 214 valence electrons. The number of hydrogen-bond acceptors (Lipinski definition) is 7. The van der Waals surface area contributed by atoms with Gasteiger partial charge in [0.15, 0.2) is 5.82 Å². The summed E-state index contributed by atoms with van der Waals surface area (Å²) in [7, 11) is 0. The highest BCUT2D eigenvalue weighted by atomic mass is 16.6. The summed E-state index contributed by atoms with van der Waals surface area (Å²) in [5.74, 6) is 0.234. The van der Waals surface area contributed by atoms with Gasteiger partial charge in [0.05, 0.1) is 5.56 Å². The number of carbonyl (C=O) groups excluding carboxylic acids is 3. The molecule has 1 saturated heterocycles. The van der Waals surface area contributed by atoms with Gasteiger partial charge in [0.25, 0.3) is 11.8 Å². The van der Waals surface area contributed by atoms with Crippen LogP contribution in [-0.2, 0) is 11.3 Å². The van der Waals surface area contributed by atoms with Crippen LogP contribution >= 0.6 is 0 Å². The lowest BCUT2D eigenvalue weighted by Gasteiger charge is -2.39. The number of ether oxygens (including phenoxy) is 1. The molecule has 1 aliphatic heterocycles. The third-order valence-corrected chi connectivity index (χ3v) is 7.19. The van der Waals surface area contributed by atoms with Crippen LogP contribution in [-0.4, -0.2) is 73.4 Å². The fraction of sp³-hybridized carbons (Fsp3) is 0.419. The maximum atomic E-state index is 13.6. The van der Waals surface area contributed by atoms with Crippen molar-refractivity contribution in [3.63, 3.8) is 0 Å². The van der Waals surface area contributed by atoms with E-state index in [1.54, 1.807) is 54.0 Å². The van der Waals surface area contributed by atoms with Crippen molar-refractivity contribution >= 4 is 17.9 Å². The molecule has 3 amide bonds. The molecule has 41 heavy (non-hydrogen) atoms. The van der Waals surface area contributed by atoms with Crippen LogP contribution in [0, 0.1) is 0 Å². The van der Waals surface area contributed by atoms with Gasteiger partial charge < -0.3 is 19.9 Å². The second-order valence-corrected chi connectivity index (χ2v) is 11.6. The van der Waals surface area contributed by atoms with E-state index < -0.39 is 5.60 Å². The van der Waals surface area contributed by atoms with Gasteiger partial charge >= 0.3 is 6.09 Å². The number of benzene rings is 1. The van der Waals surface area contributed by atoms with E-state index in [9.17, 15) is 14.4 Å². The van der Waals surface area contributed by atoms with Crippen molar-refractivity contribution in [2.24, 2.45) is 0 Å². The highest BCUT2D eigenvalue weighted by molar-refractivity contribution is 5.95. The molecule has 5 rings (SSSR count). The van der Waals surface area contributed by atoms with Gasteiger partial charge in [0.1, 0.15) is 5.60 Å². The quantitative estimate of drug-likeness (QED) is 0.456. The summed E-state index contributed by atoms with van der Waals surface area (Å²) < 4.78 is 5.51. The summed E-state index contributed by atoms with van der Waals surface area (Å²) in [6.45, 7) is 7.12. The number of aromatic nitrogens is 3. The number of piperidine rings is 1. The van der Waals surface area contributed by atoms with Crippen LogP contribution in [0.2, 0.25) is 0 Å². The molecule has 2 aliphatic rings. The number of amides is 3. The molecule has 1 N–H and O–H groups in total. The van der Waals surface area contributed by atoms with Gasteiger partial charge in [-0.2, -0.15) is 0 Å². The summed E-state index contributed by atoms with van der Waals surface area (Å²) >= 11 is 0. The van der Waals surface area contributed by atoms with E-state index in [0.717, 1.165) is 24.0 Å². The fourth-order valence-corrected chi connectivity index (χ4v) is 4.93. The zero-order valence-corrected chi connectivity index (χ0v) is 23.7. The summed E-state index contributed by atoms with van der Waals surface area (Å²) in [5, 5.41) is 2.90. The number of hydrogen-bond donors (Lipinski definition) is 1. The minimum absolute atomic E-state index is 0.0608. The van der Waals surface area contributed by atoms with Crippen LogP contribution in [0.15, 0.2) is 61.2 Å². The molecule has 3 aromatic rings. The van der Waals surface area contributed by atoms with Gasteiger partial charge in [0.2, 0.25) is 0 Å². The normalized spacial score (nSPS) is 15.7. The SMILES string of the molecule is CC(C)(C)OC(=O)N1CCC(N(C(=O)c2cnc(-c3ccc(C(=O)NCc4ccncc4)cc3)nc2)C2CC2)CC1. The number of nitrogens with zero attached hydrogens (tertiary/aromatic N) is 5. The summed E-state index contributed by atoms with van der Waals surface area (Å²) in [4.78, 5) is 55.1. The predicted octanol–water partition coefficient (Wildman–Crippen LogP) is 4.47. The summed E-state index contributed by atoms with van der Waals surface area (Å²) in [6.07, 6.45) is 9.62. The number of nitrogens with one attached hydrogen (secondary N) is 1. The summed E-state index contributed by atoms with van der Waals surface area (Å²) in [6, 6.07) is 11.1. The molecule has 10 heteroatoms. The zero-order valence-electron chi connectivity index (χ0n) is 23.7. The first-order valence-corrected chi connectivity index (χ1v) is 14.1.